The van der Waals surface area contributed by atoms with Gasteiger partial charge in [-0.15, -0.1) is 0 Å². The first-order valence-corrected chi connectivity index (χ1v) is 10.7. The molecule has 28 heavy (non-hydrogen) atoms. The van der Waals surface area contributed by atoms with Crippen LogP contribution in [0.25, 0.3) is 0 Å². The number of rotatable bonds is 8. The number of nitrogens with two attached hydrogens (primary N) is 1. The van der Waals surface area contributed by atoms with Crippen molar-refractivity contribution >= 4 is 15.8 Å². The van der Waals surface area contributed by atoms with Crippen LogP contribution in [-0.2, 0) is 15.6 Å². The Morgan fingerprint density at radius 3 is 2.39 bits per heavy atom. The van der Waals surface area contributed by atoms with Gasteiger partial charge in [0.2, 0.25) is 5.95 Å². The topological polar surface area (TPSA) is 98.4 Å². The van der Waals surface area contributed by atoms with Gasteiger partial charge in [-0.3, -0.25) is 0 Å². The van der Waals surface area contributed by atoms with E-state index in [9.17, 15) is 12.8 Å². The predicted octanol–water partition coefficient (Wildman–Crippen LogP) is 2.24. The Labute approximate surface area is 164 Å². The lowest BCUT2D eigenvalue weighted by atomic mass is 10.3. The molecule has 0 bridgehead atoms. The lowest BCUT2D eigenvalue weighted by Gasteiger charge is -2.14. The van der Waals surface area contributed by atoms with E-state index in [1.54, 1.807) is 12.4 Å². The van der Waals surface area contributed by atoms with Crippen molar-refractivity contribution in [1.29, 1.82) is 0 Å². The van der Waals surface area contributed by atoms with Crippen LogP contribution in [0.1, 0.15) is 18.4 Å². The number of hydrogen-bond acceptors (Lipinski definition) is 7. The molecule has 0 atom stereocenters. The molecule has 2 aromatic rings. The van der Waals surface area contributed by atoms with Gasteiger partial charge < -0.3 is 15.4 Å². The molecule has 2 heterocycles. The van der Waals surface area contributed by atoms with E-state index in [1.165, 1.54) is 24.3 Å². The number of anilines is 1. The average Bonchev–Trinajstić information content (AvgIpc) is 3.24. The Balaban J connectivity index is 1.63. The van der Waals surface area contributed by atoms with E-state index in [1.807, 2.05) is 0 Å². The molecule has 2 N–H and O–H groups in total. The van der Waals surface area contributed by atoms with Crippen molar-refractivity contribution in [1.82, 2.24) is 9.97 Å². The van der Waals surface area contributed by atoms with Crippen LogP contribution in [-0.4, -0.2) is 44.6 Å². The first-order valence-electron chi connectivity index (χ1n) is 9.01. The molecule has 0 aliphatic carbocycles. The van der Waals surface area contributed by atoms with E-state index >= 15 is 0 Å². The van der Waals surface area contributed by atoms with E-state index in [4.69, 9.17) is 10.5 Å². The molecule has 3 rings (SSSR count). The summed E-state index contributed by atoms with van der Waals surface area (Å²) >= 11 is 0. The summed E-state index contributed by atoms with van der Waals surface area (Å²) in [4.78, 5) is 10.8. The molecule has 1 fully saturated rings. The summed E-state index contributed by atoms with van der Waals surface area (Å²) in [5.74, 6) is 0.888. The molecule has 150 valence electrons. The third kappa shape index (κ3) is 5.05. The molecule has 0 saturated carbocycles. The van der Waals surface area contributed by atoms with Crippen LogP contribution in [0.4, 0.5) is 10.3 Å². The first kappa shape index (κ1) is 20.2. The van der Waals surface area contributed by atoms with Gasteiger partial charge in [0.1, 0.15) is 12.4 Å². The third-order valence-electron chi connectivity index (χ3n) is 4.46. The SMILES string of the molecule is NC/C(=C\F)COc1ccc(S(=O)(=O)Cc2cnc(N3CCCC3)nc2)cc1. The predicted molar refractivity (Wildman–Crippen MR) is 105 cm³/mol. The van der Waals surface area contributed by atoms with Crippen molar-refractivity contribution in [2.75, 3.05) is 31.1 Å². The minimum Gasteiger partial charge on any atom is -0.489 e. The van der Waals surface area contributed by atoms with Gasteiger partial charge in [-0.2, -0.15) is 0 Å². The normalized spacial score (nSPS) is 15.1. The van der Waals surface area contributed by atoms with Crippen LogP contribution in [0.15, 0.2) is 53.5 Å². The fourth-order valence-electron chi connectivity index (χ4n) is 2.86. The first-order chi connectivity index (χ1) is 13.5. The van der Waals surface area contributed by atoms with E-state index in [0.29, 0.717) is 29.2 Å². The van der Waals surface area contributed by atoms with Crippen molar-refractivity contribution in [3.63, 3.8) is 0 Å². The van der Waals surface area contributed by atoms with Crippen molar-refractivity contribution in [3.05, 3.63) is 54.1 Å². The highest BCUT2D eigenvalue weighted by atomic mass is 32.2. The van der Waals surface area contributed by atoms with Gasteiger partial charge in [-0.05, 0) is 37.1 Å². The van der Waals surface area contributed by atoms with Crippen LogP contribution < -0.4 is 15.4 Å². The Hall–Kier alpha value is -2.52. The van der Waals surface area contributed by atoms with Crippen LogP contribution in [0.3, 0.4) is 0 Å². The molecule has 1 saturated heterocycles. The van der Waals surface area contributed by atoms with Gasteiger partial charge in [0, 0.05) is 43.2 Å². The molecule has 1 aliphatic rings. The van der Waals surface area contributed by atoms with Crippen molar-refractivity contribution < 1.29 is 17.5 Å². The highest BCUT2D eigenvalue weighted by Gasteiger charge is 2.18. The van der Waals surface area contributed by atoms with Gasteiger partial charge in [0.25, 0.3) is 0 Å². The second-order valence-corrected chi connectivity index (χ2v) is 8.57. The number of nitrogens with zero attached hydrogens (tertiary/aromatic N) is 3. The molecule has 0 radical (unpaired) electrons. The van der Waals surface area contributed by atoms with Gasteiger partial charge >= 0.3 is 0 Å². The molecule has 0 amide bonds. The largest absolute Gasteiger partial charge is 0.489 e. The van der Waals surface area contributed by atoms with Crippen LogP contribution in [0.2, 0.25) is 0 Å². The second kappa shape index (κ2) is 9.11. The van der Waals surface area contributed by atoms with Crippen LogP contribution >= 0.6 is 0 Å². The van der Waals surface area contributed by atoms with E-state index in [2.05, 4.69) is 14.9 Å². The maximum Gasteiger partial charge on any atom is 0.225 e. The number of ether oxygens (including phenoxy) is 1. The lowest BCUT2D eigenvalue weighted by Crippen LogP contribution is -2.20. The fraction of sp³-hybridized carbons (Fsp3) is 0.368. The highest BCUT2D eigenvalue weighted by molar-refractivity contribution is 7.90. The van der Waals surface area contributed by atoms with Crippen molar-refractivity contribution in [3.8, 4) is 5.75 Å². The summed E-state index contributed by atoms with van der Waals surface area (Å²) < 4.78 is 43.1. The summed E-state index contributed by atoms with van der Waals surface area (Å²) in [5.41, 5.74) is 6.21. The van der Waals surface area contributed by atoms with Crippen molar-refractivity contribution in [2.45, 2.75) is 23.5 Å². The molecular formula is C19H23FN4O3S. The number of hydrogen-bond donors (Lipinski definition) is 1. The van der Waals surface area contributed by atoms with E-state index < -0.39 is 9.84 Å². The lowest BCUT2D eigenvalue weighted by molar-refractivity contribution is 0.347. The highest BCUT2D eigenvalue weighted by Crippen LogP contribution is 2.21. The maximum atomic E-state index is 12.6. The summed E-state index contributed by atoms with van der Waals surface area (Å²) in [6.07, 6.45) is 5.78. The summed E-state index contributed by atoms with van der Waals surface area (Å²) in [5, 5.41) is 0. The quantitative estimate of drug-likeness (QED) is 0.718. The van der Waals surface area contributed by atoms with Gasteiger partial charge in [0.15, 0.2) is 9.84 Å². The number of halogens is 1. The number of aromatic nitrogens is 2. The Morgan fingerprint density at radius 2 is 1.82 bits per heavy atom. The van der Waals surface area contributed by atoms with Gasteiger partial charge in [-0.25, -0.2) is 22.8 Å². The molecule has 9 heteroatoms. The zero-order valence-corrected chi connectivity index (χ0v) is 16.2. The van der Waals surface area contributed by atoms with E-state index in [0.717, 1.165) is 25.9 Å². The van der Waals surface area contributed by atoms with Gasteiger partial charge in [-0.1, -0.05) is 0 Å². The molecular weight excluding hydrogens is 383 g/mol. The number of benzene rings is 1. The zero-order chi connectivity index (χ0) is 20.0. The minimum atomic E-state index is -3.54. The monoisotopic (exact) mass is 406 g/mol. The minimum absolute atomic E-state index is 0.0137. The standard InChI is InChI=1S/C19H23FN4O3S/c20-9-15(10-21)13-27-17-3-5-18(6-4-17)28(25,26)14-16-11-22-19(23-12-16)24-7-1-2-8-24/h3-6,9,11-12H,1-2,7-8,10,13-14,21H2/b15-9+. The molecule has 1 aromatic carbocycles. The van der Waals surface area contributed by atoms with E-state index in [-0.39, 0.29) is 23.8 Å². The summed E-state index contributed by atoms with van der Waals surface area (Å²) in [6, 6.07) is 6.00. The smallest absolute Gasteiger partial charge is 0.225 e. The molecule has 7 nitrogen and oxygen atoms in total. The maximum absolute atomic E-state index is 12.6. The third-order valence-corrected chi connectivity index (χ3v) is 6.16. The number of sulfone groups is 1. The summed E-state index contributed by atoms with van der Waals surface area (Å²) in [6.45, 7) is 1.93. The molecule has 0 spiro atoms. The molecule has 1 aromatic heterocycles. The Bertz CT molecular complexity index is 909. The Morgan fingerprint density at radius 1 is 1.18 bits per heavy atom. The van der Waals surface area contributed by atoms with Crippen molar-refractivity contribution in [2.24, 2.45) is 5.73 Å². The van der Waals surface area contributed by atoms with Crippen LogP contribution in [0, 0.1) is 0 Å². The second-order valence-electron chi connectivity index (χ2n) is 6.58. The zero-order valence-electron chi connectivity index (χ0n) is 15.4. The van der Waals surface area contributed by atoms with Gasteiger partial charge in [0.05, 0.1) is 17.0 Å². The molecule has 0 unspecified atom stereocenters. The fourth-order valence-corrected chi connectivity index (χ4v) is 4.17. The average molecular weight is 406 g/mol. The molecule has 1 aliphatic heterocycles. The van der Waals surface area contributed by atoms with Crippen LogP contribution in [0.5, 0.6) is 5.75 Å². The Kier molecular flexibility index (Phi) is 6.58. The summed E-state index contributed by atoms with van der Waals surface area (Å²) in [7, 11) is -3.54.